The van der Waals surface area contributed by atoms with Gasteiger partial charge in [-0.05, 0) is 88.2 Å². The highest BCUT2D eigenvalue weighted by atomic mass is 35.5. The van der Waals surface area contributed by atoms with Gasteiger partial charge in [0.05, 0.1) is 30.6 Å². The lowest BCUT2D eigenvalue weighted by molar-refractivity contribution is 0.0561. The van der Waals surface area contributed by atoms with Crippen LogP contribution in [0.2, 0.25) is 5.02 Å². The average molecular weight is 622 g/mol. The summed E-state index contributed by atoms with van der Waals surface area (Å²) < 4.78 is 21.0. The first-order chi connectivity index (χ1) is 20.8. The van der Waals surface area contributed by atoms with Crippen LogP contribution in [0.25, 0.3) is 11.3 Å². The van der Waals surface area contributed by atoms with Crippen molar-refractivity contribution in [3.63, 3.8) is 0 Å². The first-order valence-corrected chi connectivity index (χ1v) is 13.8. The molecule has 4 aromatic rings. The molecular weight excluding hydrogens is 590 g/mol. The van der Waals surface area contributed by atoms with Crippen LogP contribution in [0.15, 0.2) is 68.7 Å². The standard InChI is InChI=1S/C31H32ClN5O7/c1-17-14-19(15-22(32)25(17)34-27(38)23-8-7-13-42-23)16-33-29(36-30(40)43-31(3,4)5)35-28(39)24-18(2)44-37-26(24)20-9-11-21(41-6)12-10-20/h7-15H,16H2,1-6H3,(H,34,38)(H2,33,35,36,39,40). The highest BCUT2D eigenvalue weighted by Gasteiger charge is 2.25. The van der Waals surface area contributed by atoms with Gasteiger partial charge in [-0.25, -0.2) is 9.79 Å². The van der Waals surface area contributed by atoms with E-state index in [9.17, 15) is 14.4 Å². The van der Waals surface area contributed by atoms with Gasteiger partial charge in [-0.3, -0.25) is 20.2 Å². The number of alkyl carbamates (subject to hydrolysis) is 1. The van der Waals surface area contributed by atoms with Gasteiger partial charge in [0.1, 0.15) is 28.4 Å². The van der Waals surface area contributed by atoms with E-state index in [0.29, 0.717) is 33.8 Å². The minimum atomic E-state index is -0.820. The normalized spacial score (nSPS) is 11.6. The minimum Gasteiger partial charge on any atom is -0.497 e. The van der Waals surface area contributed by atoms with E-state index in [2.05, 4.69) is 26.1 Å². The van der Waals surface area contributed by atoms with Crippen molar-refractivity contribution >= 4 is 41.2 Å². The van der Waals surface area contributed by atoms with E-state index in [4.69, 9.17) is 30.0 Å². The van der Waals surface area contributed by atoms with E-state index in [1.54, 1.807) is 84.2 Å². The number of aryl methyl sites for hydroxylation is 2. The summed E-state index contributed by atoms with van der Waals surface area (Å²) in [5.74, 6) is -0.195. The second kappa shape index (κ2) is 13.5. The molecule has 0 radical (unpaired) electrons. The number of aliphatic imine (C=N–C) groups is 1. The quantitative estimate of drug-likeness (QED) is 0.161. The van der Waals surface area contributed by atoms with Crippen molar-refractivity contribution in [1.82, 2.24) is 15.8 Å². The molecular formula is C31H32ClN5O7. The number of carbonyl (C=O) groups excluding carboxylic acids is 3. The Morgan fingerprint density at radius 3 is 2.36 bits per heavy atom. The number of hydrogen-bond acceptors (Lipinski definition) is 9. The smallest absolute Gasteiger partial charge is 0.414 e. The van der Waals surface area contributed by atoms with Crippen LogP contribution < -0.4 is 20.7 Å². The molecule has 2 aromatic carbocycles. The van der Waals surface area contributed by atoms with Crippen molar-refractivity contribution in [3.8, 4) is 17.0 Å². The van der Waals surface area contributed by atoms with E-state index in [1.165, 1.54) is 12.3 Å². The van der Waals surface area contributed by atoms with Crippen LogP contribution in [0.1, 0.15) is 58.6 Å². The number of benzene rings is 2. The van der Waals surface area contributed by atoms with E-state index in [1.807, 2.05) is 0 Å². The summed E-state index contributed by atoms with van der Waals surface area (Å²) in [7, 11) is 1.55. The number of halogens is 1. The number of guanidine groups is 1. The van der Waals surface area contributed by atoms with Gasteiger partial charge in [0.15, 0.2) is 5.76 Å². The van der Waals surface area contributed by atoms with Gasteiger partial charge >= 0.3 is 6.09 Å². The molecule has 0 saturated heterocycles. The number of nitrogens with zero attached hydrogens (tertiary/aromatic N) is 2. The molecule has 12 nitrogen and oxygen atoms in total. The van der Waals surface area contributed by atoms with Crippen molar-refractivity contribution in [2.24, 2.45) is 4.99 Å². The Morgan fingerprint density at radius 1 is 1.02 bits per heavy atom. The van der Waals surface area contributed by atoms with Gasteiger partial charge in [-0.2, -0.15) is 0 Å². The van der Waals surface area contributed by atoms with Crippen LogP contribution in [0.3, 0.4) is 0 Å². The summed E-state index contributed by atoms with van der Waals surface area (Å²) >= 11 is 6.50. The number of carbonyl (C=O) groups is 3. The number of amides is 3. The summed E-state index contributed by atoms with van der Waals surface area (Å²) in [4.78, 5) is 43.0. The van der Waals surface area contributed by atoms with Gasteiger partial charge in [-0.15, -0.1) is 0 Å². The Bertz CT molecular complexity index is 1660. The number of hydrogen-bond donors (Lipinski definition) is 3. The van der Waals surface area contributed by atoms with Crippen molar-refractivity contribution in [3.05, 3.63) is 88.0 Å². The molecule has 0 spiro atoms. The molecule has 4 rings (SSSR count). The maximum atomic E-state index is 13.5. The molecule has 3 amide bonds. The van der Waals surface area contributed by atoms with Gasteiger partial charge in [0.25, 0.3) is 11.8 Å². The molecule has 0 bridgehead atoms. The maximum Gasteiger partial charge on any atom is 0.414 e. The number of furan rings is 1. The van der Waals surface area contributed by atoms with E-state index in [0.717, 1.165) is 0 Å². The Kier molecular flexibility index (Phi) is 9.74. The van der Waals surface area contributed by atoms with Crippen LogP contribution in [-0.4, -0.2) is 41.7 Å². The third-order valence-corrected chi connectivity index (χ3v) is 6.35. The summed E-state index contributed by atoms with van der Waals surface area (Å²) in [5.41, 5.74) is 2.00. The highest BCUT2D eigenvalue weighted by molar-refractivity contribution is 6.34. The lowest BCUT2D eigenvalue weighted by Gasteiger charge is -2.20. The van der Waals surface area contributed by atoms with Crippen molar-refractivity contribution in [1.29, 1.82) is 0 Å². The van der Waals surface area contributed by atoms with E-state index < -0.39 is 23.5 Å². The fourth-order valence-corrected chi connectivity index (χ4v) is 4.42. The Hall–Kier alpha value is -5.10. The molecule has 0 aliphatic carbocycles. The number of methoxy groups -OCH3 is 1. The van der Waals surface area contributed by atoms with E-state index in [-0.39, 0.29) is 34.6 Å². The zero-order chi connectivity index (χ0) is 32.0. The number of aromatic nitrogens is 1. The molecule has 230 valence electrons. The lowest BCUT2D eigenvalue weighted by Crippen LogP contribution is -2.46. The summed E-state index contributed by atoms with van der Waals surface area (Å²) in [6.07, 6.45) is 0.579. The van der Waals surface area contributed by atoms with Crippen molar-refractivity contribution in [2.45, 2.75) is 46.8 Å². The second-order valence-corrected chi connectivity index (χ2v) is 11.0. The molecule has 0 aliphatic rings. The Labute approximate surface area is 258 Å². The fourth-order valence-electron chi connectivity index (χ4n) is 4.08. The number of nitrogens with one attached hydrogen (secondary N) is 3. The molecule has 44 heavy (non-hydrogen) atoms. The first-order valence-electron chi connectivity index (χ1n) is 13.4. The molecule has 2 aromatic heterocycles. The predicted molar refractivity (Wildman–Crippen MR) is 164 cm³/mol. The van der Waals surface area contributed by atoms with E-state index >= 15 is 0 Å². The van der Waals surface area contributed by atoms with Crippen molar-refractivity contribution < 1.29 is 32.8 Å². The number of anilines is 1. The van der Waals surface area contributed by atoms with Gasteiger partial charge in [0, 0.05) is 5.56 Å². The number of rotatable bonds is 7. The Morgan fingerprint density at radius 2 is 1.75 bits per heavy atom. The number of ether oxygens (including phenoxy) is 2. The van der Waals surface area contributed by atoms with Gasteiger partial charge < -0.3 is 23.7 Å². The van der Waals surface area contributed by atoms with Crippen molar-refractivity contribution in [2.75, 3.05) is 12.4 Å². The molecule has 0 saturated carbocycles. The van der Waals surface area contributed by atoms with Crippen LogP contribution >= 0.6 is 11.6 Å². The average Bonchev–Trinajstić information content (AvgIpc) is 3.63. The Balaban J connectivity index is 1.58. The largest absolute Gasteiger partial charge is 0.497 e. The highest BCUT2D eigenvalue weighted by Crippen LogP contribution is 2.29. The van der Waals surface area contributed by atoms with Gasteiger partial charge in [0.2, 0.25) is 5.96 Å². The topological polar surface area (TPSA) is 157 Å². The zero-order valence-electron chi connectivity index (χ0n) is 25.0. The molecule has 3 N–H and O–H groups in total. The lowest BCUT2D eigenvalue weighted by atomic mass is 10.1. The zero-order valence-corrected chi connectivity index (χ0v) is 25.8. The van der Waals surface area contributed by atoms with Crippen LogP contribution in [0.4, 0.5) is 10.5 Å². The summed E-state index contributed by atoms with van der Waals surface area (Å²) in [5, 5.41) is 12.2. The minimum absolute atomic E-state index is 0.00629. The molecule has 2 heterocycles. The first kappa shape index (κ1) is 31.8. The summed E-state index contributed by atoms with van der Waals surface area (Å²) in [6, 6.07) is 13.5. The maximum absolute atomic E-state index is 13.5. The molecule has 0 aliphatic heterocycles. The second-order valence-electron chi connectivity index (χ2n) is 10.6. The predicted octanol–water partition coefficient (Wildman–Crippen LogP) is 6.28. The third kappa shape index (κ3) is 8.04. The van der Waals surface area contributed by atoms with Crippen LogP contribution in [0.5, 0.6) is 5.75 Å². The molecule has 0 fully saturated rings. The molecule has 13 heteroatoms. The SMILES string of the molecule is COc1ccc(-c2noc(C)c2C(=O)NC(=NCc2cc(C)c(NC(=O)c3ccco3)c(Cl)c2)NC(=O)OC(C)(C)C)cc1. The fraction of sp³-hybridized carbons (Fsp3) is 0.258. The molecule has 0 unspecified atom stereocenters. The third-order valence-electron chi connectivity index (χ3n) is 6.05. The van der Waals surface area contributed by atoms with Gasteiger partial charge in [-0.1, -0.05) is 22.8 Å². The molecule has 0 atom stereocenters. The monoisotopic (exact) mass is 621 g/mol. The van der Waals surface area contributed by atoms with Crippen LogP contribution in [0, 0.1) is 13.8 Å². The van der Waals surface area contributed by atoms with Crippen LogP contribution in [-0.2, 0) is 11.3 Å². The summed E-state index contributed by atoms with van der Waals surface area (Å²) in [6.45, 7) is 8.51.